The summed E-state index contributed by atoms with van der Waals surface area (Å²) >= 11 is 0. The third-order valence-corrected chi connectivity index (χ3v) is 3.13. The molecule has 0 aliphatic heterocycles. The molecule has 19 heavy (non-hydrogen) atoms. The molecule has 2 rings (SSSR count). The second-order valence-electron chi connectivity index (χ2n) is 5.05. The molecule has 0 atom stereocenters. The van der Waals surface area contributed by atoms with Gasteiger partial charge in [0.05, 0.1) is 12.1 Å². The first-order chi connectivity index (χ1) is 9.07. The van der Waals surface area contributed by atoms with Crippen LogP contribution in [0.5, 0.6) is 0 Å². The number of aromatic nitrogens is 3. The van der Waals surface area contributed by atoms with Crippen LogP contribution in [0.2, 0.25) is 0 Å². The van der Waals surface area contributed by atoms with Crippen molar-refractivity contribution in [3.05, 3.63) is 42.0 Å². The largest absolute Gasteiger partial charge is 0.378 e. The van der Waals surface area contributed by atoms with E-state index in [-0.39, 0.29) is 5.60 Å². The van der Waals surface area contributed by atoms with Crippen LogP contribution in [-0.2, 0) is 17.7 Å². The Hall–Kier alpha value is -1.72. The summed E-state index contributed by atoms with van der Waals surface area (Å²) in [6.45, 7) is 4.41. The van der Waals surface area contributed by atoms with E-state index in [4.69, 9.17) is 10.5 Å². The Bertz CT molecular complexity index is 534. The van der Waals surface area contributed by atoms with Gasteiger partial charge in [0, 0.05) is 19.2 Å². The van der Waals surface area contributed by atoms with Crippen molar-refractivity contribution in [2.45, 2.75) is 32.4 Å². The zero-order valence-corrected chi connectivity index (χ0v) is 11.6. The summed E-state index contributed by atoms with van der Waals surface area (Å²) in [4.78, 5) is 0. The molecule has 2 aromatic rings. The minimum atomic E-state index is -0.286. The lowest BCUT2D eigenvalue weighted by Crippen LogP contribution is -2.27. The normalized spacial score (nSPS) is 11.8. The first-order valence-electron chi connectivity index (χ1n) is 6.31. The molecule has 102 valence electrons. The maximum absolute atomic E-state index is 5.74. The van der Waals surface area contributed by atoms with Gasteiger partial charge in [-0.25, -0.2) is 0 Å². The second kappa shape index (κ2) is 5.50. The van der Waals surface area contributed by atoms with E-state index in [9.17, 15) is 0 Å². The number of rotatable bonds is 5. The Morgan fingerprint density at radius 3 is 2.37 bits per heavy atom. The molecule has 0 unspecified atom stereocenters. The van der Waals surface area contributed by atoms with Gasteiger partial charge in [-0.1, -0.05) is 18.2 Å². The lowest BCUT2D eigenvalue weighted by atomic mass is 10.0. The Kier molecular flexibility index (Phi) is 3.97. The molecule has 0 radical (unpaired) electrons. The SMILES string of the molecule is COC(C)(C)Cc1nnc(CN)n1-c1ccccc1. The van der Waals surface area contributed by atoms with Gasteiger partial charge in [0.1, 0.15) is 5.82 Å². The molecular weight excluding hydrogens is 240 g/mol. The molecule has 0 aliphatic carbocycles. The fourth-order valence-corrected chi connectivity index (χ4v) is 1.93. The van der Waals surface area contributed by atoms with Crippen LogP contribution in [0.4, 0.5) is 0 Å². The van der Waals surface area contributed by atoms with Crippen LogP contribution in [-0.4, -0.2) is 27.5 Å². The van der Waals surface area contributed by atoms with Crippen LogP contribution in [0.3, 0.4) is 0 Å². The van der Waals surface area contributed by atoms with Gasteiger partial charge >= 0.3 is 0 Å². The predicted molar refractivity (Wildman–Crippen MR) is 74.0 cm³/mol. The van der Waals surface area contributed by atoms with Crippen LogP contribution >= 0.6 is 0 Å². The minimum absolute atomic E-state index is 0.286. The number of hydrogen-bond acceptors (Lipinski definition) is 4. The summed E-state index contributed by atoms with van der Waals surface area (Å²) in [5.41, 5.74) is 6.48. The third kappa shape index (κ3) is 3.00. The molecule has 0 spiro atoms. The lowest BCUT2D eigenvalue weighted by Gasteiger charge is -2.22. The quantitative estimate of drug-likeness (QED) is 0.888. The summed E-state index contributed by atoms with van der Waals surface area (Å²) < 4.78 is 7.46. The number of nitrogens with two attached hydrogens (primary N) is 1. The number of hydrogen-bond donors (Lipinski definition) is 1. The van der Waals surface area contributed by atoms with Crippen molar-refractivity contribution in [1.29, 1.82) is 0 Å². The Balaban J connectivity index is 2.44. The zero-order valence-electron chi connectivity index (χ0n) is 11.6. The number of nitrogens with zero attached hydrogens (tertiary/aromatic N) is 3. The van der Waals surface area contributed by atoms with Crippen LogP contribution in [0.1, 0.15) is 25.5 Å². The standard InChI is InChI=1S/C14H20N4O/c1-14(2,19-3)9-12-16-17-13(10-15)18(12)11-7-5-4-6-8-11/h4-8H,9-10,15H2,1-3H3. The topological polar surface area (TPSA) is 66.0 Å². The average molecular weight is 260 g/mol. The van der Waals surface area contributed by atoms with Gasteiger partial charge in [0.25, 0.3) is 0 Å². The van der Waals surface area contributed by atoms with Crippen molar-refractivity contribution >= 4 is 0 Å². The van der Waals surface area contributed by atoms with E-state index in [2.05, 4.69) is 10.2 Å². The molecule has 0 saturated carbocycles. The van der Waals surface area contributed by atoms with Gasteiger partial charge in [0.2, 0.25) is 0 Å². The van der Waals surface area contributed by atoms with Gasteiger partial charge in [-0.15, -0.1) is 10.2 Å². The van der Waals surface area contributed by atoms with E-state index < -0.39 is 0 Å². The summed E-state index contributed by atoms with van der Waals surface area (Å²) in [7, 11) is 1.70. The molecule has 0 saturated heterocycles. The zero-order chi connectivity index (χ0) is 13.9. The second-order valence-corrected chi connectivity index (χ2v) is 5.05. The maximum Gasteiger partial charge on any atom is 0.151 e. The van der Waals surface area contributed by atoms with Gasteiger partial charge in [-0.2, -0.15) is 0 Å². The van der Waals surface area contributed by atoms with E-state index in [1.807, 2.05) is 48.7 Å². The molecular formula is C14H20N4O. The van der Waals surface area contributed by atoms with E-state index >= 15 is 0 Å². The van der Waals surface area contributed by atoms with Gasteiger partial charge in [-0.05, 0) is 26.0 Å². The summed E-state index contributed by atoms with van der Waals surface area (Å²) in [5, 5.41) is 8.41. The highest BCUT2D eigenvalue weighted by Gasteiger charge is 2.22. The monoisotopic (exact) mass is 260 g/mol. The highest BCUT2D eigenvalue weighted by Crippen LogP contribution is 2.19. The van der Waals surface area contributed by atoms with E-state index in [1.165, 1.54) is 0 Å². The Labute approximate surface area is 113 Å². The highest BCUT2D eigenvalue weighted by atomic mass is 16.5. The predicted octanol–water partition coefficient (Wildman–Crippen LogP) is 1.69. The molecule has 5 heteroatoms. The van der Waals surface area contributed by atoms with Crippen molar-refractivity contribution in [2.75, 3.05) is 7.11 Å². The van der Waals surface area contributed by atoms with Crippen LogP contribution in [0.15, 0.2) is 30.3 Å². The van der Waals surface area contributed by atoms with Crippen LogP contribution in [0.25, 0.3) is 5.69 Å². The highest BCUT2D eigenvalue weighted by molar-refractivity contribution is 5.34. The van der Waals surface area contributed by atoms with Crippen molar-refractivity contribution in [3.63, 3.8) is 0 Å². The van der Waals surface area contributed by atoms with E-state index in [0.29, 0.717) is 13.0 Å². The van der Waals surface area contributed by atoms with Crippen molar-refractivity contribution < 1.29 is 4.74 Å². The fraction of sp³-hybridized carbons (Fsp3) is 0.429. The summed E-state index contributed by atoms with van der Waals surface area (Å²) in [5.74, 6) is 1.62. The fourth-order valence-electron chi connectivity index (χ4n) is 1.93. The average Bonchev–Trinajstić information content (AvgIpc) is 2.82. The van der Waals surface area contributed by atoms with Gasteiger partial charge in [0.15, 0.2) is 5.82 Å². The number of benzene rings is 1. The molecule has 0 amide bonds. The molecule has 2 N–H and O–H groups in total. The minimum Gasteiger partial charge on any atom is -0.378 e. The number of ether oxygens (including phenoxy) is 1. The maximum atomic E-state index is 5.74. The Morgan fingerprint density at radius 2 is 1.79 bits per heavy atom. The number of para-hydroxylation sites is 1. The summed E-state index contributed by atoms with van der Waals surface area (Å²) in [6, 6.07) is 9.99. The molecule has 0 bridgehead atoms. The molecule has 5 nitrogen and oxygen atoms in total. The first kappa shape index (κ1) is 13.7. The molecule has 1 heterocycles. The van der Waals surface area contributed by atoms with Crippen molar-refractivity contribution in [1.82, 2.24) is 14.8 Å². The molecule has 0 fully saturated rings. The first-order valence-corrected chi connectivity index (χ1v) is 6.31. The van der Waals surface area contributed by atoms with Crippen LogP contribution < -0.4 is 5.73 Å². The smallest absolute Gasteiger partial charge is 0.151 e. The van der Waals surface area contributed by atoms with Crippen molar-refractivity contribution in [3.8, 4) is 5.69 Å². The van der Waals surface area contributed by atoms with Gasteiger partial charge in [-0.3, -0.25) is 4.57 Å². The molecule has 1 aromatic heterocycles. The van der Waals surface area contributed by atoms with Crippen LogP contribution in [0, 0.1) is 0 Å². The van der Waals surface area contributed by atoms with E-state index in [1.54, 1.807) is 7.11 Å². The van der Waals surface area contributed by atoms with Gasteiger partial charge < -0.3 is 10.5 Å². The van der Waals surface area contributed by atoms with Crippen molar-refractivity contribution in [2.24, 2.45) is 5.73 Å². The lowest BCUT2D eigenvalue weighted by molar-refractivity contribution is 0.0212. The molecule has 1 aromatic carbocycles. The molecule has 0 aliphatic rings. The Morgan fingerprint density at radius 1 is 1.16 bits per heavy atom. The number of methoxy groups -OCH3 is 1. The van der Waals surface area contributed by atoms with E-state index in [0.717, 1.165) is 17.3 Å². The third-order valence-electron chi connectivity index (χ3n) is 3.13. The summed E-state index contributed by atoms with van der Waals surface area (Å²) in [6.07, 6.45) is 0.672.